The molecule has 0 atom stereocenters. The van der Waals surface area contributed by atoms with Crippen molar-refractivity contribution in [3.8, 4) is 0 Å². The Balaban J connectivity index is 2.11. The van der Waals surface area contributed by atoms with Crippen molar-refractivity contribution in [1.82, 2.24) is 0 Å². The quantitative estimate of drug-likeness (QED) is 0.859. The molecule has 1 fully saturated rings. The summed E-state index contributed by atoms with van der Waals surface area (Å²) in [5.74, 6) is 0.882. The van der Waals surface area contributed by atoms with E-state index in [1.54, 1.807) is 0 Å². The van der Waals surface area contributed by atoms with Gasteiger partial charge in [-0.25, -0.2) is 0 Å². The lowest BCUT2D eigenvalue weighted by atomic mass is 9.94. The summed E-state index contributed by atoms with van der Waals surface area (Å²) in [5.41, 5.74) is 7.55. The molecule has 1 aliphatic heterocycles. The van der Waals surface area contributed by atoms with Gasteiger partial charge in [-0.3, -0.25) is 0 Å². The Hall–Kier alpha value is -0.800. The summed E-state index contributed by atoms with van der Waals surface area (Å²) in [7, 11) is 0. The van der Waals surface area contributed by atoms with E-state index in [1.165, 1.54) is 24.9 Å². The van der Waals surface area contributed by atoms with Crippen LogP contribution in [0.4, 0.5) is 5.69 Å². The van der Waals surface area contributed by atoms with Crippen molar-refractivity contribution in [2.24, 2.45) is 11.7 Å². The summed E-state index contributed by atoms with van der Waals surface area (Å²) in [6.07, 6.45) is 3.82. The summed E-state index contributed by atoms with van der Waals surface area (Å²) in [6, 6.07) is 5.96. The van der Waals surface area contributed by atoms with Gasteiger partial charge in [0.2, 0.25) is 0 Å². The lowest BCUT2D eigenvalue weighted by Crippen LogP contribution is -2.33. The van der Waals surface area contributed by atoms with Crippen LogP contribution < -0.4 is 10.6 Å². The molecular weight excluding hydrogens is 264 g/mol. The number of hydrogen-bond acceptors (Lipinski definition) is 2. The first-order chi connectivity index (χ1) is 8.61. The minimum atomic E-state index is 0.358. The molecule has 0 radical (unpaired) electrons. The maximum Gasteiger partial charge on any atom is 0.105 e. The number of halogens is 1. The first-order valence-corrected chi connectivity index (χ1v) is 7.24. The van der Waals surface area contributed by atoms with Gasteiger partial charge in [0.1, 0.15) is 4.99 Å². The van der Waals surface area contributed by atoms with E-state index in [0.29, 0.717) is 10.0 Å². The second-order valence-electron chi connectivity index (χ2n) is 4.87. The zero-order valence-corrected chi connectivity index (χ0v) is 12.2. The Morgan fingerprint density at radius 3 is 2.61 bits per heavy atom. The molecule has 1 saturated heterocycles. The molecule has 0 aromatic heterocycles. The molecular formula is C14H19ClN2S. The highest BCUT2D eigenvalue weighted by atomic mass is 35.5. The van der Waals surface area contributed by atoms with Gasteiger partial charge in [0.25, 0.3) is 0 Å². The zero-order chi connectivity index (χ0) is 13.1. The Morgan fingerprint density at radius 2 is 2.11 bits per heavy atom. The van der Waals surface area contributed by atoms with Crippen molar-refractivity contribution in [2.75, 3.05) is 18.0 Å². The lowest BCUT2D eigenvalue weighted by molar-refractivity contribution is 0.395. The number of thiocarbonyl (C=S) groups is 1. The van der Waals surface area contributed by atoms with Crippen LogP contribution in [0.15, 0.2) is 18.2 Å². The molecule has 18 heavy (non-hydrogen) atoms. The van der Waals surface area contributed by atoms with E-state index >= 15 is 0 Å². The van der Waals surface area contributed by atoms with Crippen LogP contribution in [0.5, 0.6) is 0 Å². The summed E-state index contributed by atoms with van der Waals surface area (Å²) in [6.45, 7) is 4.50. The SMILES string of the molecule is CCC1CCN(c2ccc(C(N)=S)c(Cl)c2)CC1. The van der Waals surface area contributed by atoms with Crippen LogP contribution in [-0.2, 0) is 0 Å². The third-order valence-electron chi connectivity index (χ3n) is 3.78. The Labute approximate surface area is 119 Å². The van der Waals surface area contributed by atoms with E-state index in [0.717, 1.165) is 24.6 Å². The third kappa shape index (κ3) is 2.96. The second-order valence-corrected chi connectivity index (χ2v) is 5.71. The fraction of sp³-hybridized carbons (Fsp3) is 0.500. The zero-order valence-electron chi connectivity index (χ0n) is 10.7. The van der Waals surface area contributed by atoms with Gasteiger partial charge in [-0.05, 0) is 37.0 Å². The third-order valence-corrected chi connectivity index (χ3v) is 4.31. The number of piperidine rings is 1. The van der Waals surface area contributed by atoms with Gasteiger partial charge < -0.3 is 10.6 Å². The number of anilines is 1. The average Bonchev–Trinajstić information content (AvgIpc) is 2.38. The van der Waals surface area contributed by atoms with Gasteiger partial charge >= 0.3 is 0 Å². The van der Waals surface area contributed by atoms with E-state index < -0.39 is 0 Å². The maximum absolute atomic E-state index is 6.21. The maximum atomic E-state index is 6.21. The summed E-state index contributed by atoms with van der Waals surface area (Å²) in [5, 5.41) is 0.651. The van der Waals surface area contributed by atoms with Crippen LogP contribution in [0.3, 0.4) is 0 Å². The molecule has 1 heterocycles. The van der Waals surface area contributed by atoms with Gasteiger partial charge in [-0.2, -0.15) is 0 Å². The highest BCUT2D eigenvalue weighted by Gasteiger charge is 2.18. The summed E-state index contributed by atoms with van der Waals surface area (Å²) in [4.78, 5) is 2.75. The van der Waals surface area contributed by atoms with E-state index in [4.69, 9.17) is 29.6 Å². The molecule has 1 aromatic rings. The summed E-state index contributed by atoms with van der Waals surface area (Å²) >= 11 is 11.2. The van der Waals surface area contributed by atoms with Crippen molar-refractivity contribution in [3.63, 3.8) is 0 Å². The van der Waals surface area contributed by atoms with Gasteiger partial charge in [0, 0.05) is 24.3 Å². The fourth-order valence-corrected chi connectivity index (χ4v) is 3.01. The van der Waals surface area contributed by atoms with Crippen molar-refractivity contribution in [3.05, 3.63) is 28.8 Å². The number of nitrogens with zero attached hydrogens (tertiary/aromatic N) is 1. The average molecular weight is 283 g/mol. The highest BCUT2D eigenvalue weighted by molar-refractivity contribution is 7.80. The van der Waals surface area contributed by atoms with Crippen molar-refractivity contribution >= 4 is 34.5 Å². The Morgan fingerprint density at radius 1 is 1.44 bits per heavy atom. The van der Waals surface area contributed by atoms with E-state index in [9.17, 15) is 0 Å². The largest absolute Gasteiger partial charge is 0.389 e. The van der Waals surface area contributed by atoms with Crippen LogP contribution in [0.1, 0.15) is 31.7 Å². The molecule has 0 saturated carbocycles. The molecule has 0 unspecified atom stereocenters. The minimum Gasteiger partial charge on any atom is -0.389 e. The van der Waals surface area contributed by atoms with Crippen molar-refractivity contribution in [2.45, 2.75) is 26.2 Å². The molecule has 0 bridgehead atoms. The van der Waals surface area contributed by atoms with Gasteiger partial charge in [0.15, 0.2) is 0 Å². The van der Waals surface area contributed by atoms with Crippen LogP contribution >= 0.6 is 23.8 Å². The van der Waals surface area contributed by atoms with Crippen molar-refractivity contribution in [1.29, 1.82) is 0 Å². The van der Waals surface area contributed by atoms with Gasteiger partial charge in [-0.15, -0.1) is 0 Å². The molecule has 2 rings (SSSR count). The molecule has 2 N–H and O–H groups in total. The Kier molecular flexibility index (Phi) is 4.46. The number of benzene rings is 1. The van der Waals surface area contributed by atoms with Gasteiger partial charge in [0.05, 0.1) is 5.02 Å². The van der Waals surface area contributed by atoms with E-state index in [1.807, 2.05) is 12.1 Å². The number of rotatable bonds is 3. The standard InChI is InChI=1S/C14H19ClN2S/c1-2-10-5-7-17(8-6-10)11-3-4-12(14(16)18)13(15)9-11/h3-4,9-10H,2,5-8H2,1H3,(H2,16,18). The molecule has 4 heteroatoms. The lowest BCUT2D eigenvalue weighted by Gasteiger charge is -2.33. The normalized spacial score (nSPS) is 16.9. The molecule has 0 spiro atoms. The fourth-order valence-electron chi connectivity index (χ4n) is 2.50. The van der Waals surface area contributed by atoms with Crippen LogP contribution in [0.25, 0.3) is 0 Å². The highest BCUT2D eigenvalue weighted by Crippen LogP contribution is 2.28. The smallest absolute Gasteiger partial charge is 0.105 e. The minimum absolute atomic E-state index is 0.358. The molecule has 98 valence electrons. The summed E-state index contributed by atoms with van der Waals surface area (Å²) < 4.78 is 0. The molecule has 0 amide bonds. The molecule has 0 aliphatic carbocycles. The molecule has 1 aliphatic rings. The Bertz CT molecular complexity index is 439. The molecule has 1 aromatic carbocycles. The first-order valence-electron chi connectivity index (χ1n) is 6.46. The van der Waals surface area contributed by atoms with Crippen molar-refractivity contribution < 1.29 is 0 Å². The van der Waals surface area contributed by atoms with E-state index in [2.05, 4.69) is 17.9 Å². The van der Waals surface area contributed by atoms with Crippen LogP contribution in [0.2, 0.25) is 5.02 Å². The second kappa shape index (κ2) is 5.89. The monoisotopic (exact) mass is 282 g/mol. The van der Waals surface area contributed by atoms with Crippen LogP contribution in [0, 0.1) is 5.92 Å². The van der Waals surface area contributed by atoms with Crippen LogP contribution in [-0.4, -0.2) is 18.1 Å². The topological polar surface area (TPSA) is 29.3 Å². The van der Waals surface area contributed by atoms with E-state index in [-0.39, 0.29) is 0 Å². The predicted molar refractivity (Wildman–Crippen MR) is 82.6 cm³/mol. The first kappa shape index (κ1) is 13.6. The molecule has 2 nitrogen and oxygen atoms in total. The number of nitrogens with two attached hydrogens (primary N) is 1. The number of hydrogen-bond donors (Lipinski definition) is 1. The van der Waals surface area contributed by atoms with Gasteiger partial charge in [-0.1, -0.05) is 37.2 Å². The predicted octanol–water partition coefficient (Wildman–Crippen LogP) is 3.60.